The molecule has 0 spiro atoms. The van der Waals surface area contributed by atoms with Crippen LogP contribution in [0.5, 0.6) is 0 Å². The van der Waals surface area contributed by atoms with Gasteiger partial charge in [0.05, 0.1) is 0 Å². The zero-order valence-corrected chi connectivity index (χ0v) is 23.8. The Morgan fingerprint density at radius 3 is 0.933 bits per heavy atom. The van der Waals surface area contributed by atoms with E-state index in [-0.39, 0.29) is 0 Å². The molecule has 0 radical (unpaired) electrons. The Hall–Kier alpha value is 0.894. The first kappa shape index (κ1) is 30.9. The molecule has 0 aromatic heterocycles. The highest BCUT2D eigenvalue weighted by molar-refractivity contribution is 8.76. The fourth-order valence-electron chi connectivity index (χ4n) is 3.13. The zero-order chi connectivity index (χ0) is 22.6. The second-order valence-corrected chi connectivity index (χ2v) is 14.7. The SMILES string of the molecule is CCO[Si](CCCCSSCCCC[Si](OCC)(OCC)OCC)(OCC)OCC. The van der Waals surface area contributed by atoms with Crippen molar-refractivity contribution in [2.24, 2.45) is 0 Å². The van der Waals surface area contributed by atoms with Crippen LogP contribution < -0.4 is 0 Å². The van der Waals surface area contributed by atoms with Crippen molar-refractivity contribution in [3.05, 3.63) is 0 Å². The van der Waals surface area contributed by atoms with Gasteiger partial charge in [0.2, 0.25) is 0 Å². The second-order valence-electron chi connectivity index (χ2n) is 6.52. The van der Waals surface area contributed by atoms with Crippen LogP contribution in [0.3, 0.4) is 0 Å². The van der Waals surface area contributed by atoms with E-state index in [1.165, 1.54) is 0 Å². The third-order valence-corrected chi connectivity index (χ3v) is 13.1. The summed E-state index contributed by atoms with van der Waals surface area (Å²) in [5, 5.41) is 0. The van der Waals surface area contributed by atoms with Crippen LogP contribution in [0, 0.1) is 0 Å². The maximum Gasteiger partial charge on any atom is 0.500 e. The largest absolute Gasteiger partial charge is 0.500 e. The van der Waals surface area contributed by atoms with E-state index in [1.807, 2.05) is 63.1 Å². The highest BCUT2D eigenvalue weighted by Gasteiger charge is 2.40. The summed E-state index contributed by atoms with van der Waals surface area (Å²) in [5.41, 5.74) is 0. The summed E-state index contributed by atoms with van der Waals surface area (Å²) in [4.78, 5) is 0. The quantitative estimate of drug-likeness (QED) is 0.0954. The summed E-state index contributed by atoms with van der Waals surface area (Å²) in [7, 11) is -1.02. The summed E-state index contributed by atoms with van der Waals surface area (Å²) in [6.07, 6.45) is 4.50. The van der Waals surface area contributed by atoms with E-state index in [2.05, 4.69) is 0 Å². The average molecular weight is 503 g/mol. The van der Waals surface area contributed by atoms with Crippen molar-refractivity contribution in [1.82, 2.24) is 0 Å². The lowest BCUT2D eigenvalue weighted by Gasteiger charge is -2.28. The predicted molar refractivity (Wildman–Crippen MR) is 134 cm³/mol. The molecule has 0 aromatic carbocycles. The Balaban J connectivity index is 3.97. The molecule has 0 saturated heterocycles. The summed E-state index contributed by atoms with van der Waals surface area (Å²) in [5.74, 6) is 2.30. The fourth-order valence-corrected chi connectivity index (χ4v) is 10.8. The molecule has 0 aliphatic carbocycles. The Kier molecular flexibility index (Phi) is 21.1. The molecule has 0 aliphatic rings. The molecule has 0 N–H and O–H groups in total. The van der Waals surface area contributed by atoms with Crippen LogP contribution in [-0.2, 0) is 26.6 Å². The average Bonchev–Trinajstić information content (AvgIpc) is 2.70. The first-order valence-electron chi connectivity index (χ1n) is 11.7. The van der Waals surface area contributed by atoms with Gasteiger partial charge < -0.3 is 26.6 Å². The zero-order valence-electron chi connectivity index (χ0n) is 20.2. The van der Waals surface area contributed by atoms with E-state index >= 15 is 0 Å². The van der Waals surface area contributed by atoms with Crippen LogP contribution in [-0.4, -0.2) is 68.8 Å². The highest BCUT2D eigenvalue weighted by atomic mass is 33.1. The molecule has 10 heteroatoms. The summed E-state index contributed by atoms with van der Waals surface area (Å²) in [6.45, 7) is 16.0. The van der Waals surface area contributed by atoms with E-state index in [1.54, 1.807) is 0 Å². The van der Waals surface area contributed by atoms with Crippen LogP contribution in [0.1, 0.15) is 67.2 Å². The van der Waals surface area contributed by atoms with Gasteiger partial charge >= 0.3 is 17.6 Å². The molecule has 0 aliphatic heterocycles. The van der Waals surface area contributed by atoms with Crippen molar-refractivity contribution in [2.75, 3.05) is 51.1 Å². The normalized spacial score (nSPS) is 12.6. The van der Waals surface area contributed by atoms with Gasteiger partial charge in [-0.3, -0.25) is 0 Å². The van der Waals surface area contributed by atoms with E-state index in [0.717, 1.165) is 49.3 Å². The molecule has 0 heterocycles. The first-order chi connectivity index (χ1) is 14.6. The van der Waals surface area contributed by atoms with Gasteiger partial charge in [-0.05, 0) is 67.2 Å². The first-order valence-corrected chi connectivity index (χ1v) is 18.0. The van der Waals surface area contributed by atoms with Crippen LogP contribution in [0.15, 0.2) is 0 Å². The predicted octanol–water partition coefficient (Wildman–Crippen LogP) is 6.03. The third-order valence-electron chi connectivity index (χ3n) is 4.19. The lowest BCUT2D eigenvalue weighted by molar-refractivity contribution is 0.0700. The van der Waals surface area contributed by atoms with Crippen molar-refractivity contribution in [3.63, 3.8) is 0 Å². The minimum absolute atomic E-state index is 0.650. The van der Waals surface area contributed by atoms with Crippen LogP contribution in [0.2, 0.25) is 12.1 Å². The van der Waals surface area contributed by atoms with Gasteiger partial charge in [-0.2, -0.15) is 0 Å². The van der Waals surface area contributed by atoms with E-state index in [9.17, 15) is 0 Å². The van der Waals surface area contributed by atoms with Crippen molar-refractivity contribution in [2.45, 2.75) is 79.3 Å². The van der Waals surface area contributed by atoms with E-state index in [0.29, 0.717) is 39.6 Å². The summed E-state index contributed by atoms with van der Waals surface area (Å²) in [6, 6.07) is 1.82. The molecular weight excluding hydrogens is 457 g/mol. The number of hydrogen-bond donors (Lipinski definition) is 0. The lowest BCUT2D eigenvalue weighted by atomic mass is 10.4. The molecule has 0 fully saturated rings. The maximum absolute atomic E-state index is 5.92. The molecule has 182 valence electrons. The number of rotatable bonds is 23. The van der Waals surface area contributed by atoms with Gasteiger partial charge in [0.1, 0.15) is 0 Å². The highest BCUT2D eigenvalue weighted by Crippen LogP contribution is 2.27. The topological polar surface area (TPSA) is 55.4 Å². The Bertz CT molecular complexity index is 315. The van der Waals surface area contributed by atoms with Crippen molar-refractivity contribution >= 4 is 39.2 Å². The molecule has 0 amide bonds. The Labute approximate surface area is 196 Å². The van der Waals surface area contributed by atoms with Gasteiger partial charge in [-0.25, -0.2) is 0 Å². The second kappa shape index (κ2) is 20.5. The fraction of sp³-hybridized carbons (Fsp3) is 1.00. The van der Waals surface area contributed by atoms with Crippen LogP contribution in [0.4, 0.5) is 0 Å². The molecule has 0 atom stereocenters. The van der Waals surface area contributed by atoms with Crippen LogP contribution in [0.25, 0.3) is 0 Å². The molecule has 0 aromatic rings. The molecule has 0 bridgehead atoms. The van der Waals surface area contributed by atoms with Gasteiger partial charge in [0.25, 0.3) is 0 Å². The standard InChI is InChI=1S/C20H46O6S2Si2/c1-7-21-29(22-8-2,23-9-3)19-15-13-17-27-28-18-14-16-20-30(24-10-4,25-11-5)26-12-6/h7-20H2,1-6H3. The molecule has 0 saturated carbocycles. The third kappa shape index (κ3) is 14.1. The minimum Gasteiger partial charge on any atom is -0.374 e. The van der Waals surface area contributed by atoms with Gasteiger partial charge in [-0.1, -0.05) is 21.6 Å². The summed E-state index contributed by atoms with van der Waals surface area (Å²) < 4.78 is 35.5. The van der Waals surface area contributed by atoms with Gasteiger partial charge in [0, 0.05) is 63.2 Å². The molecular formula is C20H46O6S2Si2. The smallest absolute Gasteiger partial charge is 0.374 e. The maximum atomic E-state index is 5.92. The summed E-state index contributed by atoms with van der Waals surface area (Å²) >= 11 is 0. The van der Waals surface area contributed by atoms with Gasteiger partial charge in [0.15, 0.2) is 0 Å². The van der Waals surface area contributed by atoms with Crippen LogP contribution >= 0.6 is 21.6 Å². The molecule has 0 unspecified atom stereocenters. The van der Waals surface area contributed by atoms with E-state index < -0.39 is 17.6 Å². The minimum atomic E-state index is -2.47. The number of unbranched alkanes of at least 4 members (excludes halogenated alkanes) is 2. The monoisotopic (exact) mass is 502 g/mol. The van der Waals surface area contributed by atoms with Crippen molar-refractivity contribution < 1.29 is 26.6 Å². The van der Waals surface area contributed by atoms with E-state index in [4.69, 9.17) is 26.6 Å². The lowest BCUT2D eigenvalue weighted by Crippen LogP contribution is -2.45. The van der Waals surface area contributed by atoms with Crippen molar-refractivity contribution in [1.29, 1.82) is 0 Å². The van der Waals surface area contributed by atoms with Gasteiger partial charge in [-0.15, -0.1) is 0 Å². The Morgan fingerprint density at radius 1 is 0.433 bits per heavy atom. The molecule has 6 nitrogen and oxygen atoms in total. The molecule has 30 heavy (non-hydrogen) atoms. The Morgan fingerprint density at radius 2 is 0.700 bits per heavy atom. The van der Waals surface area contributed by atoms with Crippen molar-refractivity contribution in [3.8, 4) is 0 Å². The number of hydrogen-bond acceptors (Lipinski definition) is 8. The molecule has 0 rings (SSSR count).